The number of nitrogens with zero attached hydrogens (tertiary/aromatic N) is 4. The zero-order valence-corrected chi connectivity index (χ0v) is 16.3. The molecule has 1 atom stereocenters. The molecule has 3 rings (SSSR count). The quantitative estimate of drug-likeness (QED) is 0.848. The molecule has 0 radical (unpaired) electrons. The molecule has 1 aromatic heterocycles. The van der Waals surface area contributed by atoms with Crippen molar-refractivity contribution in [1.29, 1.82) is 0 Å². The number of amides is 2. The van der Waals surface area contributed by atoms with Crippen LogP contribution in [0.25, 0.3) is 0 Å². The number of hydrogen-bond acceptors (Lipinski definition) is 4. The molecule has 144 valence electrons. The van der Waals surface area contributed by atoms with E-state index in [0.717, 1.165) is 44.0 Å². The number of likely N-dealkylation sites (tertiary alicyclic amines) is 2. The molecule has 0 spiro atoms. The van der Waals surface area contributed by atoms with Gasteiger partial charge in [0.25, 0.3) is 0 Å². The maximum absolute atomic E-state index is 12.6. The topological polar surface area (TPSA) is 51.7 Å². The molecule has 2 aliphatic heterocycles. The second-order valence-electron chi connectivity index (χ2n) is 7.34. The van der Waals surface area contributed by atoms with Crippen LogP contribution in [-0.2, 0) is 6.54 Å². The van der Waals surface area contributed by atoms with Gasteiger partial charge in [0, 0.05) is 45.0 Å². The summed E-state index contributed by atoms with van der Waals surface area (Å²) in [7, 11) is 0. The van der Waals surface area contributed by atoms with Crippen molar-refractivity contribution in [2.75, 3.05) is 44.2 Å². The van der Waals surface area contributed by atoms with Gasteiger partial charge in [-0.05, 0) is 64.3 Å². The molecular weight excluding hydrogens is 326 g/mol. The summed E-state index contributed by atoms with van der Waals surface area (Å²) in [4.78, 5) is 23.9. The average molecular weight is 360 g/mol. The van der Waals surface area contributed by atoms with E-state index in [-0.39, 0.29) is 6.03 Å². The molecule has 0 bridgehead atoms. The molecular formula is C20H33N5O. The van der Waals surface area contributed by atoms with Crippen molar-refractivity contribution in [3.05, 3.63) is 23.9 Å². The molecule has 3 heterocycles. The highest BCUT2D eigenvalue weighted by Gasteiger charge is 2.29. The van der Waals surface area contributed by atoms with Gasteiger partial charge in [0.15, 0.2) is 0 Å². The van der Waals surface area contributed by atoms with Gasteiger partial charge >= 0.3 is 6.03 Å². The van der Waals surface area contributed by atoms with E-state index >= 15 is 0 Å². The first-order valence-corrected chi connectivity index (χ1v) is 10.2. The van der Waals surface area contributed by atoms with E-state index in [4.69, 9.17) is 0 Å². The number of hydrogen-bond donors (Lipinski definition) is 1. The highest BCUT2D eigenvalue weighted by molar-refractivity contribution is 5.74. The van der Waals surface area contributed by atoms with Gasteiger partial charge in [0.05, 0.1) is 0 Å². The molecule has 26 heavy (non-hydrogen) atoms. The van der Waals surface area contributed by atoms with Crippen molar-refractivity contribution >= 4 is 11.8 Å². The molecule has 1 N–H and O–H groups in total. The Balaban J connectivity index is 1.48. The predicted octanol–water partition coefficient (Wildman–Crippen LogP) is 2.70. The summed E-state index contributed by atoms with van der Waals surface area (Å²) >= 11 is 0. The molecule has 0 aliphatic carbocycles. The van der Waals surface area contributed by atoms with E-state index in [2.05, 4.69) is 40.0 Å². The van der Waals surface area contributed by atoms with Gasteiger partial charge in [-0.25, -0.2) is 9.78 Å². The van der Waals surface area contributed by atoms with Crippen molar-refractivity contribution in [3.8, 4) is 0 Å². The standard InChI is InChI=1S/C20H33N5O/c1-3-23(4-2)19-10-9-17(14-21-19)15-22-20(26)25-13-7-8-18(16-25)24-11-5-6-12-24/h9-10,14,18H,3-8,11-13,15-16H2,1-2H3,(H,22,26). The Morgan fingerprint density at radius 1 is 1.19 bits per heavy atom. The number of rotatable bonds is 6. The third kappa shape index (κ3) is 4.67. The van der Waals surface area contributed by atoms with Crippen molar-refractivity contribution in [3.63, 3.8) is 0 Å². The average Bonchev–Trinajstić information content (AvgIpc) is 3.23. The summed E-state index contributed by atoms with van der Waals surface area (Å²) in [6.45, 7) is 10.8. The molecule has 2 fully saturated rings. The minimum Gasteiger partial charge on any atom is -0.357 e. The van der Waals surface area contributed by atoms with Crippen LogP contribution in [-0.4, -0.2) is 66.1 Å². The highest BCUT2D eigenvalue weighted by Crippen LogP contribution is 2.20. The van der Waals surface area contributed by atoms with Gasteiger partial charge < -0.3 is 15.1 Å². The lowest BCUT2D eigenvalue weighted by atomic mass is 10.0. The Morgan fingerprint density at radius 2 is 1.96 bits per heavy atom. The normalized spacial score (nSPS) is 21.0. The van der Waals surface area contributed by atoms with Crippen LogP contribution in [0.1, 0.15) is 45.1 Å². The number of aromatic nitrogens is 1. The molecule has 0 saturated carbocycles. The summed E-state index contributed by atoms with van der Waals surface area (Å²) in [5.74, 6) is 0.995. The predicted molar refractivity (Wildman–Crippen MR) is 105 cm³/mol. The number of urea groups is 1. The fourth-order valence-corrected chi connectivity index (χ4v) is 4.09. The Morgan fingerprint density at radius 3 is 2.62 bits per heavy atom. The van der Waals surface area contributed by atoms with Crippen LogP contribution in [0.5, 0.6) is 0 Å². The third-order valence-electron chi connectivity index (χ3n) is 5.68. The zero-order valence-electron chi connectivity index (χ0n) is 16.3. The number of nitrogens with one attached hydrogen (secondary N) is 1. The first kappa shape index (κ1) is 19.0. The molecule has 2 amide bonds. The van der Waals surface area contributed by atoms with Crippen LogP contribution < -0.4 is 10.2 Å². The molecule has 0 aromatic carbocycles. The van der Waals surface area contributed by atoms with Crippen LogP contribution in [0.2, 0.25) is 0 Å². The fraction of sp³-hybridized carbons (Fsp3) is 0.700. The van der Waals surface area contributed by atoms with E-state index in [0.29, 0.717) is 12.6 Å². The summed E-state index contributed by atoms with van der Waals surface area (Å²) in [5, 5.41) is 3.07. The smallest absolute Gasteiger partial charge is 0.317 e. The third-order valence-corrected chi connectivity index (χ3v) is 5.68. The Kier molecular flexibility index (Phi) is 6.72. The van der Waals surface area contributed by atoms with Gasteiger partial charge in [-0.1, -0.05) is 6.07 Å². The molecule has 2 saturated heterocycles. The minimum atomic E-state index is 0.0571. The SMILES string of the molecule is CCN(CC)c1ccc(CNC(=O)N2CCCC(N3CCCC3)C2)cn1. The maximum atomic E-state index is 12.6. The summed E-state index contributed by atoms with van der Waals surface area (Å²) in [6.07, 6.45) is 6.81. The van der Waals surface area contributed by atoms with Gasteiger partial charge in [0.1, 0.15) is 5.82 Å². The van der Waals surface area contributed by atoms with E-state index in [9.17, 15) is 4.79 Å². The highest BCUT2D eigenvalue weighted by atomic mass is 16.2. The van der Waals surface area contributed by atoms with Crippen molar-refractivity contribution in [1.82, 2.24) is 20.1 Å². The maximum Gasteiger partial charge on any atom is 0.317 e. The zero-order chi connectivity index (χ0) is 18.4. The largest absolute Gasteiger partial charge is 0.357 e. The molecule has 1 unspecified atom stereocenters. The lowest BCUT2D eigenvalue weighted by molar-refractivity contribution is 0.125. The van der Waals surface area contributed by atoms with E-state index in [1.54, 1.807) is 0 Å². The van der Waals surface area contributed by atoms with E-state index < -0.39 is 0 Å². The Bertz CT molecular complexity index is 566. The van der Waals surface area contributed by atoms with Crippen LogP contribution in [0.4, 0.5) is 10.6 Å². The summed E-state index contributed by atoms with van der Waals surface area (Å²) in [6, 6.07) is 4.71. The molecule has 6 heteroatoms. The lowest BCUT2D eigenvalue weighted by Crippen LogP contribution is -2.51. The van der Waals surface area contributed by atoms with Crippen LogP contribution in [0, 0.1) is 0 Å². The van der Waals surface area contributed by atoms with Crippen molar-refractivity contribution in [2.45, 2.75) is 52.1 Å². The van der Waals surface area contributed by atoms with Gasteiger partial charge in [0.2, 0.25) is 0 Å². The molecule has 1 aromatic rings. The monoisotopic (exact) mass is 359 g/mol. The summed E-state index contributed by atoms with van der Waals surface area (Å²) in [5.41, 5.74) is 1.04. The molecule has 2 aliphatic rings. The van der Waals surface area contributed by atoms with E-state index in [1.165, 1.54) is 32.4 Å². The van der Waals surface area contributed by atoms with Crippen molar-refractivity contribution < 1.29 is 4.79 Å². The number of carbonyl (C=O) groups excluding carboxylic acids is 1. The minimum absolute atomic E-state index is 0.0571. The number of piperidine rings is 1. The van der Waals surface area contributed by atoms with E-state index in [1.807, 2.05) is 17.2 Å². The second kappa shape index (κ2) is 9.21. The Hall–Kier alpha value is -1.82. The number of pyridine rings is 1. The van der Waals surface area contributed by atoms with Gasteiger partial charge in [-0.15, -0.1) is 0 Å². The fourth-order valence-electron chi connectivity index (χ4n) is 4.09. The van der Waals surface area contributed by atoms with Crippen LogP contribution >= 0.6 is 0 Å². The first-order valence-electron chi connectivity index (χ1n) is 10.2. The Labute approximate surface area is 157 Å². The van der Waals surface area contributed by atoms with Gasteiger partial charge in [-0.3, -0.25) is 4.90 Å². The lowest BCUT2D eigenvalue weighted by Gasteiger charge is -2.37. The molecule has 6 nitrogen and oxygen atoms in total. The number of carbonyl (C=O) groups is 1. The second-order valence-corrected chi connectivity index (χ2v) is 7.34. The first-order chi connectivity index (χ1) is 12.7. The van der Waals surface area contributed by atoms with Crippen LogP contribution in [0.15, 0.2) is 18.3 Å². The van der Waals surface area contributed by atoms with Gasteiger partial charge in [-0.2, -0.15) is 0 Å². The van der Waals surface area contributed by atoms with Crippen molar-refractivity contribution in [2.24, 2.45) is 0 Å². The number of anilines is 1. The summed E-state index contributed by atoms with van der Waals surface area (Å²) < 4.78 is 0. The van der Waals surface area contributed by atoms with Crippen LogP contribution in [0.3, 0.4) is 0 Å².